The molecule has 2 heterocycles. The summed E-state index contributed by atoms with van der Waals surface area (Å²) >= 11 is 0. The number of H-pyrrole nitrogens is 1. The van der Waals surface area contributed by atoms with Crippen molar-refractivity contribution in [1.82, 2.24) is 9.97 Å². The van der Waals surface area contributed by atoms with Crippen LogP contribution in [0.1, 0.15) is 37.1 Å². The second kappa shape index (κ2) is 7.82. The Balaban J connectivity index is 1.97. The highest BCUT2D eigenvalue weighted by atomic mass is 19.4. The summed E-state index contributed by atoms with van der Waals surface area (Å²) in [5.74, 6) is 0.148. The number of aliphatic hydroxyl groups is 1. The van der Waals surface area contributed by atoms with E-state index in [1.165, 1.54) is 24.3 Å². The van der Waals surface area contributed by atoms with Crippen LogP contribution in [0.4, 0.5) is 23.4 Å². The number of halogens is 4. The molecular weight excluding hydrogens is 410 g/mol. The molecule has 0 fully saturated rings. The molecule has 8 heteroatoms. The highest BCUT2D eigenvalue weighted by Crippen LogP contribution is 2.44. The third-order valence-corrected chi connectivity index (χ3v) is 5.65. The Morgan fingerprint density at radius 2 is 1.74 bits per heavy atom. The van der Waals surface area contributed by atoms with Gasteiger partial charge in [-0.2, -0.15) is 13.2 Å². The zero-order chi connectivity index (χ0) is 23.2. The van der Waals surface area contributed by atoms with Gasteiger partial charge in [0.05, 0.1) is 11.0 Å². The van der Waals surface area contributed by atoms with Crippen molar-refractivity contribution in [1.29, 1.82) is 0 Å². The first-order valence-corrected chi connectivity index (χ1v) is 9.94. The second-order valence-electron chi connectivity index (χ2n) is 9.02. The quantitative estimate of drug-likeness (QED) is 0.516. The van der Waals surface area contributed by atoms with E-state index in [1.54, 1.807) is 37.8 Å². The molecule has 0 amide bonds. The number of hydrogen-bond acceptors (Lipinski definition) is 3. The van der Waals surface area contributed by atoms with Crippen LogP contribution in [-0.4, -0.2) is 40.9 Å². The van der Waals surface area contributed by atoms with E-state index in [9.17, 15) is 22.7 Å². The summed E-state index contributed by atoms with van der Waals surface area (Å²) in [6.45, 7) is 4.89. The molecule has 1 aromatic carbocycles. The predicted octanol–water partition coefficient (Wildman–Crippen LogP) is 5.28. The van der Waals surface area contributed by atoms with Crippen molar-refractivity contribution in [3.8, 4) is 0 Å². The van der Waals surface area contributed by atoms with Crippen LogP contribution in [0.2, 0.25) is 0 Å². The largest absolute Gasteiger partial charge is 0.417 e. The van der Waals surface area contributed by atoms with E-state index in [2.05, 4.69) is 9.97 Å². The van der Waals surface area contributed by atoms with Gasteiger partial charge in [0.2, 0.25) is 0 Å². The van der Waals surface area contributed by atoms with Crippen molar-refractivity contribution in [3.63, 3.8) is 0 Å². The van der Waals surface area contributed by atoms with Crippen molar-refractivity contribution in [2.75, 3.05) is 19.0 Å². The van der Waals surface area contributed by atoms with Crippen molar-refractivity contribution in [2.24, 2.45) is 0 Å². The van der Waals surface area contributed by atoms with Gasteiger partial charge in [0.15, 0.2) is 5.60 Å². The lowest BCUT2D eigenvalue weighted by Gasteiger charge is -2.38. The Morgan fingerprint density at radius 3 is 2.35 bits per heavy atom. The standard InChI is InChI=1S/C23H27F4N3O/c1-14-6-7-15(24)10-17(14)21(2,3)13-22(31,23(25,26)27)12-16-11-19-18(28-16)8-9-20(29-19)30(4)5/h6-11,28,31H,12-13H2,1-5H3. The third kappa shape index (κ3) is 4.69. The van der Waals surface area contributed by atoms with Gasteiger partial charge in [-0.25, -0.2) is 9.37 Å². The third-order valence-electron chi connectivity index (χ3n) is 5.65. The zero-order valence-corrected chi connectivity index (χ0v) is 18.2. The summed E-state index contributed by atoms with van der Waals surface area (Å²) in [4.78, 5) is 9.15. The fourth-order valence-electron chi connectivity index (χ4n) is 4.13. The Morgan fingerprint density at radius 1 is 1.06 bits per heavy atom. The molecule has 1 atom stereocenters. The van der Waals surface area contributed by atoms with Gasteiger partial charge in [0.1, 0.15) is 11.6 Å². The van der Waals surface area contributed by atoms with Gasteiger partial charge in [0.25, 0.3) is 0 Å². The molecule has 0 aliphatic rings. The van der Waals surface area contributed by atoms with Crippen LogP contribution in [0, 0.1) is 12.7 Å². The van der Waals surface area contributed by atoms with E-state index in [0.29, 0.717) is 28.0 Å². The minimum absolute atomic E-state index is 0.227. The highest BCUT2D eigenvalue weighted by Gasteiger charge is 2.56. The van der Waals surface area contributed by atoms with E-state index < -0.39 is 35.9 Å². The van der Waals surface area contributed by atoms with Gasteiger partial charge in [-0.3, -0.25) is 0 Å². The van der Waals surface area contributed by atoms with E-state index in [4.69, 9.17) is 0 Å². The van der Waals surface area contributed by atoms with Crippen molar-refractivity contribution >= 4 is 16.9 Å². The van der Waals surface area contributed by atoms with Crippen LogP contribution in [0.5, 0.6) is 0 Å². The molecule has 0 radical (unpaired) electrons. The van der Waals surface area contributed by atoms with Gasteiger partial charge < -0.3 is 15.0 Å². The van der Waals surface area contributed by atoms with Crippen LogP contribution in [0.15, 0.2) is 36.4 Å². The second-order valence-corrected chi connectivity index (χ2v) is 9.02. The molecule has 0 spiro atoms. The molecule has 31 heavy (non-hydrogen) atoms. The molecule has 0 aliphatic carbocycles. The fourth-order valence-corrected chi connectivity index (χ4v) is 4.13. The molecule has 0 aliphatic heterocycles. The molecule has 0 bridgehead atoms. The Hall–Kier alpha value is -2.61. The van der Waals surface area contributed by atoms with Crippen LogP contribution in [-0.2, 0) is 11.8 Å². The minimum atomic E-state index is -4.88. The maximum absolute atomic E-state index is 14.1. The molecule has 3 rings (SSSR count). The van der Waals surface area contributed by atoms with Crippen LogP contribution >= 0.6 is 0 Å². The normalized spacial score (nSPS) is 14.6. The molecule has 0 saturated heterocycles. The Bertz CT molecular complexity index is 1090. The smallest absolute Gasteiger partial charge is 0.380 e. The summed E-state index contributed by atoms with van der Waals surface area (Å²) in [7, 11) is 3.64. The summed E-state index contributed by atoms with van der Waals surface area (Å²) in [6.07, 6.45) is -6.17. The molecule has 1 unspecified atom stereocenters. The number of anilines is 1. The number of aromatic nitrogens is 2. The lowest BCUT2D eigenvalue weighted by Crippen LogP contribution is -2.51. The van der Waals surface area contributed by atoms with E-state index in [-0.39, 0.29) is 5.69 Å². The monoisotopic (exact) mass is 437 g/mol. The molecule has 2 aromatic heterocycles. The van der Waals surface area contributed by atoms with Gasteiger partial charge in [0, 0.05) is 26.2 Å². The summed E-state index contributed by atoms with van der Waals surface area (Å²) in [5, 5.41) is 10.9. The number of nitrogens with one attached hydrogen (secondary N) is 1. The van der Waals surface area contributed by atoms with Crippen LogP contribution < -0.4 is 4.90 Å². The number of fused-ring (bicyclic) bond motifs is 1. The Kier molecular flexibility index (Phi) is 5.82. The van der Waals surface area contributed by atoms with E-state index in [1.807, 2.05) is 14.1 Å². The van der Waals surface area contributed by atoms with Crippen LogP contribution in [0.25, 0.3) is 11.0 Å². The zero-order valence-electron chi connectivity index (χ0n) is 18.2. The number of alkyl halides is 3. The molecule has 4 nitrogen and oxygen atoms in total. The predicted molar refractivity (Wildman–Crippen MR) is 114 cm³/mol. The van der Waals surface area contributed by atoms with Crippen molar-refractivity contribution < 1.29 is 22.7 Å². The molecule has 0 saturated carbocycles. The maximum atomic E-state index is 14.1. The fraction of sp³-hybridized carbons (Fsp3) is 0.435. The summed E-state index contributed by atoms with van der Waals surface area (Å²) in [6, 6.07) is 9.07. The van der Waals surface area contributed by atoms with Crippen molar-refractivity contribution in [2.45, 2.75) is 50.8 Å². The molecule has 168 valence electrons. The van der Waals surface area contributed by atoms with Gasteiger partial charge in [-0.05, 0) is 60.2 Å². The van der Waals surface area contributed by atoms with Gasteiger partial charge in [-0.15, -0.1) is 0 Å². The topological polar surface area (TPSA) is 52.2 Å². The summed E-state index contributed by atoms with van der Waals surface area (Å²) < 4.78 is 56.0. The number of aryl methyl sites for hydroxylation is 1. The number of aromatic amines is 1. The highest BCUT2D eigenvalue weighted by molar-refractivity contribution is 5.78. The SMILES string of the molecule is Cc1ccc(F)cc1C(C)(C)CC(O)(Cc1cc2nc(N(C)C)ccc2[nH]1)C(F)(F)F. The first-order valence-electron chi connectivity index (χ1n) is 9.94. The van der Waals surface area contributed by atoms with E-state index in [0.717, 1.165) is 0 Å². The average molecular weight is 437 g/mol. The number of nitrogens with zero attached hydrogens (tertiary/aromatic N) is 2. The maximum Gasteiger partial charge on any atom is 0.417 e. The summed E-state index contributed by atoms with van der Waals surface area (Å²) in [5.41, 5.74) is -1.70. The minimum Gasteiger partial charge on any atom is -0.380 e. The molecule has 3 aromatic rings. The number of rotatable bonds is 6. The lowest BCUT2D eigenvalue weighted by atomic mass is 9.72. The average Bonchev–Trinajstić information content (AvgIpc) is 3.03. The van der Waals surface area contributed by atoms with Crippen molar-refractivity contribution in [3.05, 3.63) is 59.0 Å². The lowest BCUT2D eigenvalue weighted by molar-refractivity contribution is -0.266. The number of benzene rings is 1. The van der Waals surface area contributed by atoms with Gasteiger partial charge >= 0.3 is 6.18 Å². The number of hydrogen-bond donors (Lipinski definition) is 2. The molecule has 2 N–H and O–H groups in total. The van der Waals surface area contributed by atoms with Crippen LogP contribution in [0.3, 0.4) is 0 Å². The molecular formula is C23H27F4N3O. The van der Waals surface area contributed by atoms with E-state index >= 15 is 0 Å². The first-order chi connectivity index (χ1) is 14.2. The number of pyridine rings is 1. The first kappa shape index (κ1) is 23.1. The Labute approximate surface area is 178 Å². The van der Waals surface area contributed by atoms with Gasteiger partial charge in [-0.1, -0.05) is 19.9 Å².